The van der Waals surface area contributed by atoms with Crippen molar-refractivity contribution in [3.05, 3.63) is 18.2 Å². The lowest BCUT2D eigenvalue weighted by Crippen LogP contribution is -2.17. The lowest BCUT2D eigenvalue weighted by atomic mass is 10.2. The van der Waals surface area contributed by atoms with Gasteiger partial charge in [0.15, 0.2) is 6.04 Å². The predicted molar refractivity (Wildman–Crippen MR) is 73.3 cm³/mol. The zero-order valence-corrected chi connectivity index (χ0v) is 11.6. The van der Waals surface area contributed by atoms with Gasteiger partial charge in [0, 0.05) is 0 Å². The summed E-state index contributed by atoms with van der Waals surface area (Å²) in [5.41, 5.74) is 0.967. The number of ether oxygens (including phenoxy) is 2. The van der Waals surface area contributed by atoms with Gasteiger partial charge < -0.3 is 14.8 Å². The number of anilines is 1. The zero-order valence-electron chi connectivity index (χ0n) is 11.6. The van der Waals surface area contributed by atoms with Crippen LogP contribution in [0.3, 0.4) is 0 Å². The second-order valence-electron chi connectivity index (χ2n) is 3.79. The average Bonchev–Trinajstić information content (AvgIpc) is 2.45. The number of benzene rings is 1. The van der Waals surface area contributed by atoms with Crippen molar-refractivity contribution in [1.82, 2.24) is 0 Å². The largest absolute Gasteiger partial charge is 0.495 e. The Hall–Kier alpha value is -2.44. The number of carbonyl (C=O) groups excluding carboxylic acids is 2. The molecule has 0 aliphatic heterocycles. The molecule has 7 nitrogen and oxygen atoms in total. The van der Waals surface area contributed by atoms with Gasteiger partial charge in [-0.3, -0.25) is 4.79 Å². The van der Waals surface area contributed by atoms with Crippen molar-refractivity contribution in [2.75, 3.05) is 19.0 Å². The molecule has 0 aliphatic carbocycles. The van der Waals surface area contributed by atoms with Gasteiger partial charge in [0.05, 0.1) is 25.1 Å². The van der Waals surface area contributed by atoms with Crippen molar-refractivity contribution in [3.63, 3.8) is 0 Å². The van der Waals surface area contributed by atoms with E-state index in [9.17, 15) is 9.59 Å². The molecular weight excluding hydrogens is 262 g/mol. The molecule has 1 aromatic carbocycles. The maximum Gasteiger partial charge on any atom is 0.332 e. The Kier molecular flexibility index (Phi) is 6.15. The van der Waals surface area contributed by atoms with E-state index in [1.54, 1.807) is 32.0 Å². The molecule has 0 saturated heterocycles. The van der Waals surface area contributed by atoms with E-state index in [0.717, 1.165) is 0 Å². The zero-order chi connectivity index (χ0) is 15.0. The molecule has 0 aromatic heterocycles. The minimum absolute atomic E-state index is 0.300. The summed E-state index contributed by atoms with van der Waals surface area (Å²) in [4.78, 5) is 21.9. The van der Waals surface area contributed by atoms with Gasteiger partial charge in [-0.25, -0.2) is 4.79 Å². The second kappa shape index (κ2) is 7.88. The average molecular weight is 279 g/mol. The van der Waals surface area contributed by atoms with E-state index in [1.165, 1.54) is 7.11 Å². The van der Waals surface area contributed by atoms with Crippen molar-refractivity contribution in [2.45, 2.75) is 19.9 Å². The Morgan fingerprint density at radius 2 is 2.25 bits per heavy atom. The van der Waals surface area contributed by atoms with Gasteiger partial charge in [0.2, 0.25) is 6.41 Å². The van der Waals surface area contributed by atoms with E-state index in [2.05, 4.69) is 15.5 Å². The molecule has 0 bridgehead atoms. The number of hydrogen-bond donors (Lipinski definition) is 1. The molecule has 0 radical (unpaired) electrons. The van der Waals surface area contributed by atoms with Crippen LogP contribution in [0.4, 0.5) is 11.4 Å². The fourth-order valence-corrected chi connectivity index (χ4v) is 1.40. The number of esters is 1. The minimum atomic E-state index is -0.681. The van der Waals surface area contributed by atoms with Gasteiger partial charge in [-0.05, 0) is 32.0 Å². The van der Waals surface area contributed by atoms with Crippen LogP contribution in [0.15, 0.2) is 28.4 Å². The third-order valence-electron chi connectivity index (χ3n) is 2.37. The van der Waals surface area contributed by atoms with Gasteiger partial charge in [0.25, 0.3) is 0 Å². The van der Waals surface area contributed by atoms with Gasteiger partial charge >= 0.3 is 5.97 Å². The van der Waals surface area contributed by atoms with Crippen LogP contribution in [0.1, 0.15) is 13.8 Å². The Morgan fingerprint density at radius 3 is 2.85 bits per heavy atom. The number of azo groups is 1. The molecule has 1 N–H and O–H groups in total. The molecule has 0 aliphatic rings. The van der Waals surface area contributed by atoms with Crippen LogP contribution in [0.2, 0.25) is 0 Å². The maximum atomic E-state index is 11.4. The Bertz CT molecular complexity index is 502. The highest BCUT2D eigenvalue weighted by Gasteiger charge is 2.12. The summed E-state index contributed by atoms with van der Waals surface area (Å²) in [6.07, 6.45) is 0.542. The second-order valence-corrected chi connectivity index (χ2v) is 3.79. The summed E-state index contributed by atoms with van der Waals surface area (Å²) in [5.74, 6) is 0.0745. The van der Waals surface area contributed by atoms with Crippen molar-refractivity contribution in [2.24, 2.45) is 10.2 Å². The van der Waals surface area contributed by atoms with E-state index in [4.69, 9.17) is 9.47 Å². The molecule has 0 heterocycles. The van der Waals surface area contributed by atoms with Crippen LogP contribution >= 0.6 is 0 Å². The standard InChI is InChI=1S/C13H17N3O4/c1-4-20-13(18)9(2)15-16-10-5-6-12(19-3)11(7-10)14-8-17/h5-9H,4H2,1-3H3,(H,14,17). The summed E-state index contributed by atoms with van der Waals surface area (Å²) < 4.78 is 9.90. The van der Waals surface area contributed by atoms with Crippen LogP contribution in [0, 0.1) is 0 Å². The number of rotatable bonds is 7. The van der Waals surface area contributed by atoms with Gasteiger partial charge in [-0.1, -0.05) is 0 Å². The molecule has 1 aromatic rings. The Labute approximate surface area is 117 Å². The summed E-state index contributed by atoms with van der Waals surface area (Å²) in [6, 6.07) is 4.22. The minimum Gasteiger partial charge on any atom is -0.495 e. The highest BCUT2D eigenvalue weighted by atomic mass is 16.5. The number of carbonyl (C=O) groups is 2. The maximum absolute atomic E-state index is 11.4. The molecule has 1 unspecified atom stereocenters. The number of methoxy groups -OCH3 is 1. The fraction of sp³-hybridized carbons (Fsp3) is 0.385. The highest BCUT2D eigenvalue weighted by molar-refractivity contribution is 5.77. The first-order valence-electron chi connectivity index (χ1n) is 6.08. The van der Waals surface area contributed by atoms with Crippen molar-refractivity contribution >= 4 is 23.8 Å². The number of nitrogens with zero attached hydrogens (tertiary/aromatic N) is 2. The third kappa shape index (κ3) is 4.34. The first-order chi connectivity index (χ1) is 9.62. The van der Waals surface area contributed by atoms with Crippen LogP contribution in [0.5, 0.6) is 5.75 Å². The molecule has 7 heteroatoms. The molecule has 0 spiro atoms. The van der Waals surface area contributed by atoms with Crippen LogP contribution in [-0.4, -0.2) is 32.1 Å². The predicted octanol–water partition coefficient (Wildman–Crippen LogP) is 2.30. The molecule has 108 valence electrons. The van der Waals surface area contributed by atoms with Crippen molar-refractivity contribution < 1.29 is 19.1 Å². The molecule has 20 heavy (non-hydrogen) atoms. The quantitative estimate of drug-likeness (QED) is 0.471. The normalized spacial score (nSPS) is 11.9. The summed E-state index contributed by atoms with van der Waals surface area (Å²) >= 11 is 0. The van der Waals surface area contributed by atoms with Gasteiger partial charge in [0.1, 0.15) is 5.75 Å². The van der Waals surface area contributed by atoms with Crippen LogP contribution < -0.4 is 10.1 Å². The molecule has 1 atom stereocenters. The lowest BCUT2D eigenvalue weighted by molar-refractivity contribution is -0.144. The topological polar surface area (TPSA) is 89.3 Å². The van der Waals surface area contributed by atoms with Crippen molar-refractivity contribution in [3.8, 4) is 5.75 Å². The Morgan fingerprint density at radius 1 is 1.50 bits per heavy atom. The monoisotopic (exact) mass is 279 g/mol. The number of amides is 1. The van der Waals surface area contributed by atoms with Crippen molar-refractivity contribution in [1.29, 1.82) is 0 Å². The molecule has 0 saturated carbocycles. The number of nitrogens with one attached hydrogen (secondary N) is 1. The summed E-state index contributed by atoms with van der Waals surface area (Å²) in [7, 11) is 1.50. The lowest BCUT2D eigenvalue weighted by Gasteiger charge is -2.07. The highest BCUT2D eigenvalue weighted by Crippen LogP contribution is 2.29. The fourth-order valence-electron chi connectivity index (χ4n) is 1.40. The summed E-state index contributed by atoms with van der Waals surface area (Å²) in [5, 5.41) is 10.3. The van der Waals surface area contributed by atoms with E-state index < -0.39 is 12.0 Å². The first-order valence-corrected chi connectivity index (χ1v) is 6.08. The van der Waals surface area contributed by atoms with E-state index >= 15 is 0 Å². The van der Waals surface area contributed by atoms with Gasteiger partial charge in [-0.2, -0.15) is 10.2 Å². The van der Waals surface area contributed by atoms with Crippen LogP contribution in [-0.2, 0) is 14.3 Å². The van der Waals surface area contributed by atoms with E-state index in [1.807, 2.05) is 0 Å². The Balaban J connectivity index is 2.84. The molecule has 0 fully saturated rings. The van der Waals surface area contributed by atoms with Gasteiger partial charge in [-0.15, -0.1) is 0 Å². The first kappa shape index (κ1) is 15.6. The smallest absolute Gasteiger partial charge is 0.332 e. The SMILES string of the molecule is CCOC(=O)C(C)N=Nc1ccc(OC)c(NC=O)c1. The van der Waals surface area contributed by atoms with E-state index in [0.29, 0.717) is 30.1 Å². The molecule has 1 rings (SSSR count). The molecular formula is C13H17N3O4. The molecule has 1 amide bonds. The van der Waals surface area contributed by atoms with Crippen LogP contribution in [0.25, 0.3) is 0 Å². The number of hydrogen-bond acceptors (Lipinski definition) is 6. The summed E-state index contributed by atoms with van der Waals surface area (Å²) in [6.45, 7) is 3.62. The van der Waals surface area contributed by atoms with E-state index in [-0.39, 0.29) is 0 Å². The third-order valence-corrected chi connectivity index (χ3v) is 2.37.